The molecule has 4 N–H and O–H groups in total. The Morgan fingerprint density at radius 2 is 1.08 bits per heavy atom. The third-order valence-corrected chi connectivity index (χ3v) is 3.74. The number of amides is 2. The topological polar surface area (TPSA) is 98.7 Å². The molecular formula is C18H36N2O4. The van der Waals surface area contributed by atoms with E-state index in [0.29, 0.717) is 37.5 Å². The highest BCUT2D eigenvalue weighted by atomic mass is 16.3. The molecule has 142 valence electrons. The number of hydrogen-bond donors (Lipinski definition) is 4. The van der Waals surface area contributed by atoms with Crippen molar-refractivity contribution in [1.29, 1.82) is 0 Å². The van der Waals surface area contributed by atoms with Gasteiger partial charge in [0, 0.05) is 12.8 Å². The van der Waals surface area contributed by atoms with Gasteiger partial charge in [-0.25, -0.2) is 0 Å². The van der Waals surface area contributed by atoms with Gasteiger partial charge in [0.1, 0.15) is 0 Å². The summed E-state index contributed by atoms with van der Waals surface area (Å²) in [5.41, 5.74) is 0. The molecule has 0 aliphatic heterocycles. The number of aliphatic hydroxyl groups excluding tert-OH is 2. The first-order valence-electron chi connectivity index (χ1n) is 9.08. The second-order valence-corrected chi connectivity index (χ2v) is 7.36. The first-order valence-corrected chi connectivity index (χ1v) is 9.08. The van der Waals surface area contributed by atoms with Gasteiger partial charge in [0.15, 0.2) is 0 Å². The maximum atomic E-state index is 11.8. The van der Waals surface area contributed by atoms with E-state index >= 15 is 0 Å². The predicted molar refractivity (Wildman–Crippen MR) is 95.4 cm³/mol. The molecule has 0 aromatic heterocycles. The Bertz CT molecular complexity index is 325. The Morgan fingerprint density at radius 1 is 0.750 bits per heavy atom. The van der Waals surface area contributed by atoms with Gasteiger partial charge < -0.3 is 20.8 Å². The summed E-state index contributed by atoms with van der Waals surface area (Å²) in [6.45, 7) is 8.09. The Balaban J connectivity index is 3.90. The first kappa shape index (κ1) is 22.9. The van der Waals surface area contributed by atoms with Crippen LogP contribution in [0.5, 0.6) is 0 Å². The zero-order chi connectivity index (χ0) is 18.5. The second kappa shape index (κ2) is 13.2. The van der Waals surface area contributed by atoms with Gasteiger partial charge in [-0.1, -0.05) is 27.7 Å². The Hall–Kier alpha value is -1.14. The SMILES string of the molecule is CC(C)C[C@@H](CO)NC(=O)CCCCC(=O)N[C@H](CO)CC(C)C. The third kappa shape index (κ3) is 12.3. The summed E-state index contributed by atoms with van der Waals surface area (Å²) < 4.78 is 0. The average Bonchev–Trinajstić information content (AvgIpc) is 2.49. The van der Waals surface area contributed by atoms with E-state index in [-0.39, 0.29) is 37.1 Å². The lowest BCUT2D eigenvalue weighted by Gasteiger charge is -2.19. The molecule has 0 saturated heterocycles. The molecular weight excluding hydrogens is 308 g/mol. The Morgan fingerprint density at radius 3 is 1.33 bits per heavy atom. The molecule has 0 aromatic rings. The molecule has 2 atom stereocenters. The van der Waals surface area contributed by atoms with Crippen molar-refractivity contribution < 1.29 is 19.8 Å². The maximum Gasteiger partial charge on any atom is 0.220 e. The molecule has 0 fully saturated rings. The van der Waals surface area contributed by atoms with Crippen LogP contribution in [0.3, 0.4) is 0 Å². The van der Waals surface area contributed by atoms with E-state index in [1.807, 2.05) is 27.7 Å². The van der Waals surface area contributed by atoms with Crippen molar-refractivity contribution in [2.75, 3.05) is 13.2 Å². The highest BCUT2D eigenvalue weighted by Gasteiger charge is 2.14. The maximum absolute atomic E-state index is 11.8. The van der Waals surface area contributed by atoms with E-state index in [9.17, 15) is 19.8 Å². The van der Waals surface area contributed by atoms with Crippen LogP contribution < -0.4 is 10.6 Å². The summed E-state index contributed by atoms with van der Waals surface area (Å²) in [7, 11) is 0. The Labute approximate surface area is 146 Å². The van der Waals surface area contributed by atoms with Crippen LogP contribution in [0.15, 0.2) is 0 Å². The summed E-state index contributed by atoms with van der Waals surface area (Å²) in [5.74, 6) is 0.666. The molecule has 0 radical (unpaired) electrons. The summed E-state index contributed by atoms with van der Waals surface area (Å²) in [4.78, 5) is 23.7. The van der Waals surface area contributed by atoms with E-state index < -0.39 is 0 Å². The number of hydrogen-bond acceptors (Lipinski definition) is 4. The van der Waals surface area contributed by atoms with Gasteiger partial charge in [0.2, 0.25) is 11.8 Å². The summed E-state index contributed by atoms with van der Waals surface area (Å²) in [6.07, 6.45) is 3.49. The summed E-state index contributed by atoms with van der Waals surface area (Å²) in [6, 6.07) is -0.385. The molecule has 0 bridgehead atoms. The molecule has 6 nitrogen and oxygen atoms in total. The summed E-state index contributed by atoms with van der Waals surface area (Å²) in [5, 5.41) is 24.2. The van der Waals surface area contributed by atoms with Crippen molar-refractivity contribution in [3.05, 3.63) is 0 Å². The van der Waals surface area contributed by atoms with E-state index in [1.165, 1.54) is 0 Å². The quantitative estimate of drug-likeness (QED) is 0.381. The van der Waals surface area contributed by atoms with Gasteiger partial charge in [-0.15, -0.1) is 0 Å². The number of nitrogens with one attached hydrogen (secondary N) is 2. The summed E-state index contributed by atoms with van der Waals surface area (Å²) >= 11 is 0. The van der Waals surface area contributed by atoms with Gasteiger partial charge >= 0.3 is 0 Å². The van der Waals surface area contributed by atoms with Crippen LogP contribution >= 0.6 is 0 Å². The van der Waals surface area contributed by atoms with Crippen LogP contribution in [-0.2, 0) is 9.59 Å². The van der Waals surface area contributed by atoms with Gasteiger partial charge in [-0.3, -0.25) is 9.59 Å². The monoisotopic (exact) mass is 344 g/mol. The van der Waals surface area contributed by atoms with Gasteiger partial charge in [-0.05, 0) is 37.5 Å². The van der Waals surface area contributed by atoms with Crippen molar-refractivity contribution in [1.82, 2.24) is 10.6 Å². The largest absolute Gasteiger partial charge is 0.394 e. The van der Waals surface area contributed by atoms with E-state index in [2.05, 4.69) is 10.6 Å². The highest BCUT2D eigenvalue weighted by molar-refractivity contribution is 5.77. The minimum atomic E-state index is -0.192. The van der Waals surface area contributed by atoms with Crippen LogP contribution in [0.4, 0.5) is 0 Å². The van der Waals surface area contributed by atoms with Gasteiger partial charge in [0.05, 0.1) is 25.3 Å². The van der Waals surface area contributed by atoms with Crippen molar-refractivity contribution in [2.45, 2.75) is 78.3 Å². The zero-order valence-corrected chi connectivity index (χ0v) is 15.7. The molecule has 0 unspecified atom stereocenters. The van der Waals surface area contributed by atoms with Crippen molar-refractivity contribution >= 4 is 11.8 Å². The van der Waals surface area contributed by atoms with Crippen molar-refractivity contribution in [3.63, 3.8) is 0 Å². The molecule has 0 saturated carbocycles. The molecule has 0 aromatic carbocycles. The zero-order valence-electron chi connectivity index (χ0n) is 15.7. The molecule has 24 heavy (non-hydrogen) atoms. The van der Waals surface area contributed by atoms with E-state index in [1.54, 1.807) is 0 Å². The molecule has 0 spiro atoms. The fourth-order valence-corrected chi connectivity index (χ4v) is 2.67. The fraction of sp³-hybridized carbons (Fsp3) is 0.889. The number of carbonyl (C=O) groups is 2. The average molecular weight is 344 g/mol. The van der Waals surface area contributed by atoms with Crippen molar-refractivity contribution in [3.8, 4) is 0 Å². The van der Waals surface area contributed by atoms with Crippen LogP contribution in [-0.4, -0.2) is 47.3 Å². The number of unbranched alkanes of at least 4 members (excludes halogenated alkanes) is 1. The normalized spacial score (nSPS) is 13.8. The minimum Gasteiger partial charge on any atom is -0.394 e. The minimum absolute atomic E-state index is 0.0509. The molecule has 2 amide bonds. The molecule has 0 aliphatic rings. The standard InChI is InChI=1S/C18H36N2O4/c1-13(2)9-15(11-21)19-17(23)7-5-6-8-18(24)20-16(12-22)10-14(3)4/h13-16,21-22H,5-12H2,1-4H3,(H,19,23)(H,20,24)/t15-,16-/m0/s1. The van der Waals surface area contributed by atoms with Crippen LogP contribution in [0, 0.1) is 11.8 Å². The van der Waals surface area contributed by atoms with Crippen LogP contribution in [0.1, 0.15) is 66.2 Å². The third-order valence-electron chi connectivity index (χ3n) is 3.74. The fourth-order valence-electron chi connectivity index (χ4n) is 2.67. The smallest absolute Gasteiger partial charge is 0.220 e. The van der Waals surface area contributed by atoms with Crippen LogP contribution in [0.25, 0.3) is 0 Å². The van der Waals surface area contributed by atoms with Crippen molar-refractivity contribution in [2.24, 2.45) is 11.8 Å². The number of carbonyl (C=O) groups excluding carboxylic acids is 2. The highest BCUT2D eigenvalue weighted by Crippen LogP contribution is 2.07. The Kier molecular flexibility index (Phi) is 12.6. The second-order valence-electron chi connectivity index (χ2n) is 7.36. The molecule has 6 heteroatoms. The van der Waals surface area contributed by atoms with Gasteiger partial charge in [0.25, 0.3) is 0 Å². The lowest BCUT2D eigenvalue weighted by Crippen LogP contribution is -2.38. The first-order chi connectivity index (χ1) is 11.3. The van der Waals surface area contributed by atoms with E-state index in [0.717, 1.165) is 12.8 Å². The lowest BCUT2D eigenvalue weighted by atomic mass is 10.0. The lowest BCUT2D eigenvalue weighted by molar-refractivity contribution is -0.124. The van der Waals surface area contributed by atoms with Gasteiger partial charge in [-0.2, -0.15) is 0 Å². The predicted octanol–water partition coefficient (Wildman–Crippen LogP) is 1.59. The number of aliphatic hydroxyl groups is 2. The molecule has 0 heterocycles. The van der Waals surface area contributed by atoms with E-state index in [4.69, 9.17) is 0 Å². The van der Waals surface area contributed by atoms with Crippen LogP contribution in [0.2, 0.25) is 0 Å². The number of rotatable bonds is 13. The molecule has 0 aliphatic carbocycles. The molecule has 0 rings (SSSR count).